The van der Waals surface area contributed by atoms with Crippen LogP contribution in [0.5, 0.6) is 11.5 Å². The van der Waals surface area contributed by atoms with E-state index in [1.165, 1.54) is 24.0 Å². The van der Waals surface area contributed by atoms with E-state index in [9.17, 15) is 24.6 Å². The monoisotopic (exact) mass is 422 g/mol. The third kappa shape index (κ3) is 6.18. The molecular weight excluding hydrogens is 395 g/mol. The van der Waals surface area contributed by atoms with Crippen molar-refractivity contribution in [1.29, 1.82) is 0 Å². The van der Waals surface area contributed by atoms with Crippen LogP contribution >= 0.6 is 0 Å². The molecule has 30 heavy (non-hydrogen) atoms. The molecule has 0 radical (unpaired) electrons. The van der Waals surface area contributed by atoms with Gasteiger partial charge >= 0.3 is 13.1 Å². The van der Waals surface area contributed by atoms with Gasteiger partial charge in [-0.15, -0.1) is 0 Å². The lowest BCUT2D eigenvalue weighted by atomic mass is 9.82. The number of aromatic carboxylic acids is 1. The summed E-state index contributed by atoms with van der Waals surface area (Å²) in [6, 6.07) is 2.16. The van der Waals surface area contributed by atoms with Crippen LogP contribution in [0.25, 0.3) is 0 Å². The number of hydrogen-bond acceptors (Lipinski definition) is 8. The molecule has 10 nitrogen and oxygen atoms in total. The fraction of sp³-hybridized carbons (Fsp3) is 0.526. The van der Waals surface area contributed by atoms with Crippen molar-refractivity contribution in [2.75, 3.05) is 13.1 Å². The Morgan fingerprint density at radius 1 is 1.30 bits per heavy atom. The molecule has 2 rings (SSSR count). The van der Waals surface area contributed by atoms with E-state index in [-0.39, 0.29) is 48.8 Å². The molecular formula is C19H27BN2O8. The van der Waals surface area contributed by atoms with Gasteiger partial charge in [0.15, 0.2) is 0 Å². The van der Waals surface area contributed by atoms with Gasteiger partial charge in [0.2, 0.25) is 5.91 Å². The van der Waals surface area contributed by atoms with E-state index in [2.05, 4.69) is 0 Å². The van der Waals surface area contributed by atoms with Gasteiger partial charge in [-0.05, 0) is 44.1 Å². The third-order valence-electron chi connectivity index (χ3n) is 4.92. The van der Waals surface area contributed by atoms with Crippen molar-refractivity contribution in [3.8, 4) is 11.5 Å². The van der Waals surface area contributed by atoms with Gasteiger partial charge in [0.1, 0.15) is 28.9 Å². The standard InChI is InChI=1S/C19H27BN2O8/c1-11(23)3-2-4-14(21)18(25)22-9-13(10-22)30-15-6-5-12(7-8-20(28)29)17(24)16(15)19(26)27/h5-6,13-14,24,28-29H,2-4,7-10,21H2,1H3,(H,26,27)/t14-/m0/s1. The molecule has 1 aliphatic rings. The molecule has 11 heteroatoms. The van der Waals surface area contributed by atoms with Gasteiger partial charge in [0.25, 0.3) is 0 Å². The summed E-state index contributed by atoms with van der Waals surface area (Å²) in [6.45, 7) is 1.95. The van der Waals surface area contributed by atoms with Crippen molar-refractivity contribution in [2.45, 2.75) is 51.1 Å². The van der Waals surface area contributed by atoms with Crippen LogP contribution in [0.4, 0.5) is 0 Å². The minimum absolute atomic E-state index is 0.0313. The molecule has 1 heterocycles. The predicted octanol–water partition coefficient (Wildman–Crippen LogP) is -0.218. The average molecular weight is 422 g/mol. The van der Waals surface area contributed by atoms with E-state index in [1.54, 1.807) is 0 Å². The molecule has 0 aliphatic carbocycles. The molecule has 6 N–H and O–H groups in total. The minimum Gasteiger partial charge on any atom is -0.507 e. The third-order valence-corrected chi connectivity index (χ3v) is 4.92. The molecule has 0 aromatic heterocycles. The Labute approximate surface area is 174 Å². The SMILES string of the molecule is CC(=O)CCC[C@H](N)C(=O)N1CC(Oc2ccc(CCB(O)O)c(O)c2C(=O)O)C1. The van der Waals surface area contributed by atoms with E-state index in [1.807, 2.05) is 0 Å². The topological polar surface area (TPSA) is 171 Å². The quantitative estimate of drug-likeness (QED) is 0.303. The Balaban J connectivity index is 1.95. The molecule has 0 saturated carbocycles. The number of amides is 1. The number of nitrogens with two attached hydrogens (primary N) is 1. The number of aryl methyl sites for hydroxylation is 1. The number of carboxylic acid groups (broad SMARTS) is 1. The number of rotatable bonds is 11. The number of carbonyl (C=O) groups excluding carboxylic acids is 2. The van der Waals surface area contributed by atoms with Crippen molar-refractivity contribution in [1.82, 2.24) is 4.90 Å². The number of ether oxygens (including phenoxy) is 1. The summed E-state index contributed by atoms with van der Waals surface area (Å²) in [5.41, 5.74) is 5.72. The van der Waals surface area contributed by atoms with Crippen LogP contribution in [-0.4, -0.2) is 75.2 Å². The fourth-order valence-electron chi connectivity index (χ4n) is 3.21. The minimum atomic E-state index is -1.57. The number of benzene rings is 1. The molecule has 1 saturated heterocycles. The van der Waals surface area contributed by atoms with Crippen molar-refractivity contribution in [2.24, 2.45) is 5.73 Å². The van der Waals surface area contributed by atoms with Gasteiger partial charge < -0.3 is 40.4 Å². The summed E-state index contributed by atoms with van der Waals surface area (Å²) < 4.78 is 5.66. The van der Waals surface area contributed by atoms with Crippen LogP contribution in [0.3, 0.4) is 0 Å². The Morgan fingerprint density at radius 2 is 1.97 bits per heavy atom. The molecule has 0 unspecified atom stereocenters. The highest BCUT2D eigenvalue weighted by Crippen LogP contribution is 2.34. The first-order valence-corrected chi connectivity index (χ1v) is 9.74. The molecule has 1 amide bonds. The van der Waals surface area contributed by atoms with Crippen LogP contribution in [0.1, 0.15) is 42.1 Å². The van der Waals surface area contributed by atoms with Crippen LogP contribution in [0, 0.1) is 0 Å². The second-order valence-electron chi connectivity index (χ2n) is 7.45. The number of nitrogens with zero attached hydrogens (tertiary/aromatic N) is 1. The maximum absolute atomic E-state index is 12.3. The predicted molar refractivity (Wildman–Crippen MR) is 107 cm³/mol. The maximum Gasteiger partial charge on any atom is 0.451 e. The highest BCUT2D eigenvalue weighted by Gasteiger charge is 2.35. The van der Waals surface area contributed by atoms with E-state index < -0.39 is 36.5 Å². The number of likely N-dealkylation sites (tertiary alicyclic amines) is 1. The molecule has 0 spiro atoms. The Bertz CT molecular complexity index is 795. The zero-order valence-corrected chi connectivity index (χ0v) is 16.8. The molecule has 164 valence electrons. The van der Waals surface area contributed by atoms with Gasteiger partial charge in [-0.3, -0.25) is 4.79 Å². The highest BCUT2D eigenvalue weighted by molar-refractivity contribution is 6.41. The number of Topliss-reactive ketones (excluding diaryl/α,β-unsaturated/α-hetero) is 1. The fourth-order valence-corrected chi connectivity index (χ4v) is 3.21. The van der Waals surface area contributed by atoms with E-state index >= 15 is 0 Å². The first-order valence-electron chi connectivity index (χ1n) is 9.74. The smallest absolute Gasteiger partial charge is 0.451 e. The zero-order chi connectivity index (χ0) is 22.4. The first-order chi connectivity index (χ1) is 14.1. The van der Waals surface area contributed by atoms with Crippen molar-refractivity contribution in [3.05, 3.63) is 23.3 Å². The van der Waals surface area contributed by atoms with Crippen molar-refractivity contribution < 1.29 is 39.4 Å². The van der Waals surface area contributed by atoms with Crippen molar-refractivity contribution in [3.63, 3.8) is 0 Å². The summed E-state index contributed by atoms with van der Waals surface area (Å²) in [5, 5.41) is 37.6. The Morgan fingerprint density at radius 3 is 2.53 bits per heavy atom. The number of aromatic hydroxyl groups is 1. The second-order valence-corrected chi connectivity index (χ2v) is 7.45. The first kappa shape index (κ1) is 23.7. The van der Waals surface area contributed by atoms with E-state index in [0.29, 0.717) is 19.3 Å². The number of ketones is 1. The highest BCUT2D eigenvalue weighted by atomic mass is 16.5. The van der Waals surface area contributed by atoms with Crippen LogP contribution < -0.4 is 10.5 Å². The lowest BCUT2D eigenvalue weighted by Crippen LogP contribution is -2.59. The average Bonchev–Trinajstić information content (AvgIpc) is 2.62. The largest absolute Gasteiger partial charge is 0.507 e. The molecule has 0 bridgehead atoms. The van der Waals surface area contributed by atoms with Crippen LogP contribution in [-0.2, 0) is 16.0 Å². The lowest BCUT2D eigenvalue weighted by Gasteiger charge is -2.40. The van der Waals surface area contributed by atoms with Crippen LogP contribution in [0.2, 0.25) is 6.32 Å². The van der Waals surface area contributed by atoms with Crippen molar-refractivity contribution >= 4 is 24.8 Å². The number of carbonyl (C=O) groups is 3. The molecule has 1 aromatic rings. The van der Waals surface area contributed by atoms with Gasteiger partial charge in [0.05, 0.1) is 19.1 Å². The summed E-state index contributed by atoms with van der Waals surface area (Å²) in [7, 11) is -1.57. The second kappa shape index (κ2) is 10.4. The normalized spacial score (nSPS) is 14.7. The summed E-state index contributed by atoms with van der Waals surface area (Å²) in [6.07, 6.45) is 0.900. The summed E-state index contributed by atoms with van der Waals surface area (Å²) in [5.74, 6) is -2.11. The number of carboxylic acids is 1. The van der Waals surface area contributed by atoms with Crippen LogP contribution in [0.15, 0.2) is 12.1 Å². The summed E-state index contributed by atoms with van der Waals surface area (Å²) >= 11 is 0. The molecule has 1 aromatic carbocycles. The molecule has 1 fully saturated rings. The number of phenols is 1. The van der Waals surface area contributed by atoms with Gasteiger partial charge in [-0.1, -0.05) is 6.07 Å². The Hall–Kier alpha value is -2.63. The Kier molecular flexibility index (Phi) is 8.21. The lowest BCUT2D eigenvalue weighted by molar-refractivity contribution is -0.141. The van der Waals surface area contributed by atoms with Gasteiger partial charge in [-0.25, -0.2) is 4.79 Å². The van der Waals surface area contributed by atoms with E-state index in [4.69, 9.17) is 20.5 Å². The van der Waals surface area contributed by atoms with E-state index in [0.717, 1.165) is 0 Å². The maximum atomic E-state index is 12.3. The molecule has 1 atom stereocenters. The zero-order valence-electron chi connectivity index (χ0n) is 16.8. The van der Waals surface area contributed by atoms with Gasteiger partial charge in [-0.2, -0.15) is 0 Å². The summed E-state index contributed by atoms with van der Waals surface area (Å²) in [4.78, 5) is 36.3. The van der Waals surface area contributed by atoms with Gasteiger partial charge in [0, 0.05) is 6.42 Å². The molecule has 1 aliphatic heterocycles. The number of hydrogen-bond donors (Lipinski definition) is 5.